The molecule has 0 aliphatic rings. The summed E-state index contributed by atoms with van der Waals surface area (Å²) in [4.78, 5) is 16.9. The lowest BCUT2D eigenvalue weighted by molar-refractivity contribution is -0.137. The number of alkyl halides is 3. The molecule has 6 nitrogen and oxygen atoms in total. The zero-order valence-electron chi connectivity index (χ0n) is 11.8. The zero-order valence-corrected chi connectivity index (χ0v) is 11.8. The highest BCUT2D eigenvalue weighted by Crippen LogP contribution is 2.32. The SMILES string of the molecule is CCCN(CC(=O)NC)c1cc(C(F)(F)F)cc(NN)n1. The summed E-state index contributed by atoms with van der Waals surface area (Å²) < 4.78 is 38.6. The van der Waals surface area contributed by atoms with E-state index in [2.05, 4.69) is 15.7 Å². The van der Waals surface area contributed by atoms with E-state index in [9.17, 15) is 18.0 Å². The standard InChI is InChI=1S/C12H18F3N5O/c1-3-4-20(7-11(21)17-2)10-6-8(12(13,14)15)5-9(18-10)19-16/h5-6H,3-4,7,16H2,1-2H3,(H,17,21)(H,18,19). The second-order valence-corrected chi connectivity index (χ2v) is 4.34. The largest absolute Gasteiger partial charge is 0.416 e. The van der Waals surface area contributed by atoms with Crippen molar-refractivity contribution in [3.05, 3.63) is 17.7 Å². The molecule has 0 unspecified atom stereocenters. The maximum Gasteiger partial charge on any atom is 0.416 e. The molecule has 118 valence electrons. The van der Waals surface area contributed by atoms with E-state index in [1.54, 1.807) is 0 Å². The fourth-order valence-corrected chi connectivity index (χ4v) is 1.71. The lowest BCUT2D eigenvalue weighted by Gasteiger charge is -2.23. The van der Waals surface area contributed by atoms with Crippen molar-refractivity contribution in [1.82, 2.24) is 10.3 Å². The third-order valence-corrected chi connectivity index (χ3v) is 2.72. The van der Waals surface area contributed by atoms with Crippen molar-refractivity contribution in [2.75, 3.05) is 30.5 Å². The Balaban J connectivity index is 3.20. The number of pyridine rings is 1. The number of nitrogens with two attached hydrogens (primary N) is 1. The van der Waals surface area contributed by atoms with Gasteiger partial charge in [-0.25, -0.2) is 10.8 Å². The van der Waals surface area contributed by atoms with Crippen LogP contribution < -0.4 is 21.5 Å². The van der Waals surface area contributed by atoms with E-state index in [1.165, 1.54) is 11.9 Å². The number of carbonyl (C=O) groups excluding carboxylic acids is 1. The van der Waals surface area contributed by atoms with Gasteiger partial charge < -0.3 is 15.6 Å². The first-order chi connectivity index (χ1) is 9.81. The number of carbonyl (C=O) groups is 1. The van der Waals surface area contributed by atoms with Crippen LogP contribution >= 0.6 is 0 Å². The van der Waals surface area contributed by atoms with Gasteiger partial charge in [-0.3, -0.25) is 4.79 Å². The topological polar surface area (TPSA) is 83.3 Å². The summed E-state index contributed by atoms with van der Waals surface area (Å²) in [5.41, 5.74) is 1.23. The van der Waals surface area contributed by atoms with Gasteiger partial charge in [-0.05, 0) is 18.6 Å². The Bertz CT molecular complexity index is 492. The first-order valence-corrected chi connectivity index (χ1v) is 6.33. The molecule has 0 aliphatic heterocycles. The molecule has 1 aromatic heterocycles. The van der Waals surface area contributed by atoms with Crippen LogP contribution in [0.15, 0.2) is 12.1 Å². The van der Waals surface area contributed by atoms with E-state index in [4.69, 9.17) is 5.84 Å². The van der Waals surface area contributed by atoms with Crippen LogP contribution in [0.4, 0.5) is 24.8 Å². The van der Waals surface area contributed by atoms with E-state index in [0.717, 1.165) is 12.1 Å². The highest BCUT2D eigenvalue weighted by molar-refractivity contribution is 5.80. The second-order valence-electron chi connectivity index (χ2n) is 4.34. The van der Waals surface area contributed by atoms with E-state index in [-0.39, 0.29) is 24.1 Å². The summed E-state index contributed by atoms with van der Waals surface area (Å²) in [7, 11) is 1.46. The van der Waals surface area contributed by atoms with Gasteiger partial charge >= 0.3 is 6.18 Å². The van der Waals surface area contributed by atoms with Crippen LogP contribution in [0.25, 0.3) is 0 Å². The minimum Gasteiger partial charge on any atom is -0.358 e. The van der Waals surface area contributed by atoms with Crippen LogP contribution in [0.3, 0.4) is 0 Å². The van der Waals surface area contributed by atoms with Crippen molar-refractivity contribution in [2.45, 2.75) is 19.5 Å². The molecule has 9 heteroatoms. The van der Waals surface area contributed by atoms with E-state index < -0.39 is 11.7 Å². The number of hydrogen-bond donors (Lipinski definition) is 3. The maximum absolute atomic E-state index is 12.9. The Morgan fingerprint density at radius 2 is 2.10 bits per heavy atom. The molecular weight excluding hydrogens is 287 g/mol. The van der Waals surface area contributed by atoms with Gasteiger partial charge in [0.15, 0.2) is 0 Å². The lowest BCUT2D eigenvalue weighted by atomic mass is 10.2. The summed E-state index contributed by atoms with van der Waals surface area (Å²) >= 11 is 0. The van der Waals surface area contributed by atoms with E-state index in [0.29, 0.717) is 13.0 Å². The summed E-state index contributed by atoms with van der Waals surface area (Å²) in [5.74, 6) is 4.77. The summed E-state index contributed by atoms with van der Waals surface area (Å²) in [5, 5.41) is 2.43. The van der Waals surface area contributed by atoms with Gasteiger partial charge in [-0.15, -0.1) is 0 Å². The molecule has 0 fully saturated rings. The number of amides is 1. The van der Waals surface area contributed by atoms with Gasteiger partial charge in [0.25, 0.3) is 0 Å². The summed E-state index contributed by atoms with van der Waals surface area (Å²) in [6, 6.07) is 1.72. The predicted molar refractivity (Wildman–Crippen MR) is 73.6 cm³/mol. The molecule has 0 spiro atoms. The second kappa shape index (κ2) is 7.11. The van der Waals surface area contributed by atoms with Gasteiger partial charge in [0, 0.05) is 13.6 Å². The number of hydrogen-bond acceptors (Lipinski definition) is 5. The third kappa shape index (κ3) is 4.78. The van der Waals surface area contributed by atoms with Crippen LogP contribution in [-0.2, 0) is 11.0 Å². The number of rotatable bonds is 6. The Morgan fingerprint density at radius 1 is 1.43 bits per heavy atom. The molecular formula is C12H18F3N5O. The number of aromatic nitrogens is 1. The Hall–Kier alpha value is -2.03. The molecule has 0 aliphatic carbocycles. The van der Waals surface area contributed by atoms with E-state index >= 15 is 0 Å². The molecule has 1 amide bonds. The van der Waals surface area contributed by atoms with Gasteiger partial charge in [0.2, 0.25) is 5.91 Å². The molecule has 0 aromatic carbocycles. The maximum atomic E-state index is 12.9. The van der Waals surface area contributed by atoms with Crippen LogP contribution in [0.1, 0.15) is 18.9 Å². The summed E-state index contributed by atoms with van der Waals surface area (Å²) in [6.45, 7) is 2.17. The minimum atomic E-state index is -4.52. The van der Waals surface area contributed by atoms with Crippen molar-refractivity contribution < 1.29 is 18.0 Å². The Kier molecular flexibility index (Phi) is 5.77. The van der Waals surface area contributed by atoms with Gasteiger partial charge in [-0.1, -0.05) is 6.92 Å². The predicted octanol–water partition coefficient (Wildman–Crippen LogP) is 1.35. The zero-order chi connectivity index (χ0) is 16.0. The molecule has 0 atom stereocenters. The van der Waals surface area contributed by atoms with Crippen LogP contribution in [0, 0.1) is 0 Å². The van der Waals surface area contributed by atoms with Crippen molar-refractivity contribution in [1.29, 1.82) is 0 Å². The molecule has 0 bridgehead atoms. The number of likely N-dealkylation sites (N-methyl/N-ethyl adjacent to an activating group) is 1. The fraction of sp³-hybridized carbons (Fsp3) is 0.500. The number of halogens is 3. The number of nitrogen functional groups attached to an aromatic ring is 1. The van der Waals surface area contributed by atoms with Crippen LogP contribution in [-0.4, -0.2) is 31.0 Å². The van der Waals surface area contributed by atoms with Crippen molar-refractivity contribution in [3.8, 4) is 0 Å². The van der Waals surface area contributed by atoms with Crippen molar-refractivity contribution >= 4 is 17.5 Å². The molecule has 1 rings (SSSR count). The smallest absolute Gasteiger partial charge is 0.358 e. The fourth-order valence-electron chi connectivity index (χ4n) is 1.71. The Labute approximate surface area is 120 Å². The molecule has 1 aromatic rings. The molecule has 0 saturated heterocycles. The number of nitrogens with zero attached hydrogens (tertiary/aromatic N) is 2. The molecule has 0 radical (unpaired) electrons. The first kappa shape index (κ1) is 17.0. The quantitative estimate of drug-likeness (QED) is 0.546. The summed E-state index contributed by atoms with van der Waals surface area (Å²) in [6.07, 6.45) is -3.87. The van der Waals surface area contributed by atoms with Gasteiger partial charge in [-0.2, -0.15) is 13.2 Å². The van der Waals surface area contributed by atoms with Crippen molar-refractivity contribution in [2.24, 2.45) is 5.84 Å². The van der Waals surface area contributed by atoms with Gasteiger partial charge in [0.05, 0.1) is 12.1 Å². The van der Waals surface area contributed by atoms with Crippen LogP contribution in [0.2, 0.25) is 0 Å². The molecule has 4 N–H and O–H groups in total. The van der Waals surface area contributed by atoms with Crippen molar-refractivity contribution in [3.63, 3.8) is 0 Å². The van der Waals surface area contributed by atoms with E-state index in [1.807, 2.05) is 6.92 Å². The average Bonchev–Trinajstić information content (AvgIpc) is 2.45. The average molecular weight is 305 g/mol. The number of nitrogens with one attached hydrogen (secondary N) is 2. The highest BCUT2D eigenvalue weighted by atomic mass is 19.4. The highest BCUT2D eigenvalue weighted by Gasteiger charge is 2.32. The number of hydrazine groups is 1. The Morgan fingerprint density at radius 3 is 2.57 bits per heavy atom. The normalized spacial score (nSPS) is 11.1. The van der Waals surface area contributed by atoms with Gasteiger partial charge in [0.1, 0.15) is 11.6 Å². The molecule has 0 saturated carbocycles. The first-order valence-electron chi connectivity index (χ1n) is 6.33. The lowest BCUT2D eigenvalue weighted by Crippen LogP contribution is -2.37. The monoisotopic (exact) mass is 305 g/mol. The molecule has 1 heterocycles. The van der Waals surface area contributed by atoms with Crippen LogP contribution in [0.5, 0.6) is 0 Å². The molecule has 21 heavy (non-hydrogen) atoms. The third-order valence-electron chi connectivity index (χ3n) is 2.72. The minimum absolute atomic E-state index is 0.0447. The number of anilines is 2.